The van der Waals surface area contributed by atoms with Crippen LogP contribution in [0, 0.1) is 0 Å². The molecule has 0 aromatic heterocycles. The van der Waals surface area contributed by atoms with Crippen LogP contribution in [0.4, 0.5) is 0 Å². The van der Waals surface area contributed by atoms with Crippen molar-refractivity contribution in [1.29, 1.82) is 0 Å². The second-order valence-electron chi connectivity index (χ2n) is 4.00. The molecule has 0 amide bonds. The van der Waals surface area contributed by atoms with Gasteiger partial charge in [0.15, 0.2) is 5.78 Å². The van der Waals surface area contributed by atoms with Crippen molar-refractivity contribution >= 4 is 5.78 Å². The molecule has 1 aromatic carbocycles. The van der Waals surface area contributed by atoms with E-state index in [1.54, 1.807) is 0 Å². The van der Waals surface area contributed by atoms with Crippen molar-refractivity contribution in [2.45, 2.75) is 25.0 Å². The molecule has 2 nitrogen and oxygen atoms in total. The Labute approximate surface area is 76.5 Å². The monoisotopic (exact) mass is 174 g/mol. The quantitative estimate of drug-likeness (QED) is 0.564. The van der Waals surface area contributed by atoms with Gasteiger partial charge in [-0.25, -0.2) is 0 Å². The standard InChI is InChI=1S/C11H10O2/c1-11-6-9(12)7-4-2-3-5-8(7)10(11)13-11/h2-5,10H,6H2,1H3. The van der Waals surface area contributed by atoms with Gasteiger partial charge >= 0.3 is 0 Å². The number of fused-ring (bicyclic) bond motifs is 3. The molecule has 3 rings (SSSR count). The summed E-state index contributed by atoms with van der Waals surface area (Å²) < 4.78 is 5.54. The van der Waals surface area contributed by atoms with E-state index >= 15 is 0 Å². The molecular weight excluding hydrogens is 164 g/mol. The Bertz CT molecular complexity index is 397. The van der Waals surface area contributed by atoms with Crippen molar-refractivity contribution in [3.8, 4) is 0 Å². The number of hydrogen-bond donors (Lipinski definition) is 0. The largest absolute Gasteiger partial charge is 0.361 e. The number of ketones is 1. The molecule has 2 atom stereocenters. The highest BCUT2D eigenvalue weighted by molar-refractivity contribution is 6.00. The van der Waals surface area contributed by atoms with Gasteiger partial charge in [-0.3, -0.25) is 4.79 Å². The maximum atomic E-state index is 11.6. The molecule has 1 aromatic rings. The number of rotatable bonds is 0. The first-order valence-corrected chi connectivity index (χ1v) is 4.51. The predicted molar refractivity (Wildman–Crippen MR) is 47.6 cm³/mol. The molecule has 1 saturated heterocycles. The van der Waals surface area contributed by atoms with Crippen LogP contribution in [0.5, 0.6) is 0 Å². The Hall–Kier alpha value is -1.15. The minimum absolute atomic E-state index is 0.168. The summed E-state index contributed by atoms with van der Waals surface area (Å²) in [5, 5.41) is 0. The maximum absolute atomic E-state index is 11.6. The molecule has 2 aliphatic rings. The van der Waals surface area contributed by atoms with Gasteiger partial charge in [0.25, 0.3) is 0 Å². The molecule has 1 aliphatic heterocycles. The number of benzene rings is 1. The van der Waals surface area contributed by atoms with Gasteiger partial charge in [0.05, 0.1) is 0 Å². The fourth-order valence-corrected chi connectivity index (χ4v) is 2.16. The topological polar surface area (TPSA) is 29.6 Å². The first-order valence-electron chi connectivity index (χ1n) is 4.51. The molecule has 66 valence electrons. The van der Waals surface area contributed by atoms with Crippen LogP contribution in [0.1, 0.15) is 35.4 Å². The molecule has 2 unspecified atom stereocenters. The van der Waals surface area contributed by atoms with Crippen LogP contribution in [0.25, 0.3) is 0 Å². The van der Waals surface area contributed by atoms with Gasteiger partial charge in [0.2, 0.25) is 0 Å². The molecule has 1 aliphatic carbocycles. The van der Waals surface area contributed by atoms with Gasteiger partial charge in [-0.05, 0) is 12.5 Å². The van der Waals surface area contributed by atoms with Crippen molar-refractivity contribution < 1.29 is 9.53 Å². The van der Waals surface area contributed by atoms with Crippen molar-refractivity contribution in [3.63, 3.8) is 0 Å². The van der Waals surface area contributed by atoms with Crippen molar-refractivity contribution in [2.24, 2.45) is 0 Å². The van der Waals surface area contributed by atoms with E-state index in [4.69, 9.17) is 4.74 Å². The highest BCUT2D eigenvalue weighted by Crippen LogP contribution is 2.55. The Morgan fingerprint density at radius 1 is 1.46 bits per heavy atom. The van der Waals surface area contributed by atoms with E-state index in [9.17, 15) is 4.79 Å². The Morgan fingerprint density at radius 3 is 3.08 bits per heavy atom. The Balaban J connectivity index is 2.20. The second kappa shape index (κ2) is 2.02. The van der Waals surface area contributed by atoms with E-state index in [-0.39, 0.29) is 17.5 Å². The highest BCUT2D eigenvalue weighted by Gasteiger charge is 2.58. The minimum atomic E-state index is -0.189. The number of carbonyl (C=O) groups is 1. The molecule has 0 spiro atoms. The van der Waals surface area contributed by atoms with E-state index in [2.05, 4.69) is 0 Å². The third kappa shape index (κ3) is 0.838. The summed E-state index contributed by atoms with van der Waals surface area (Å²) in [6.45, 7) is 2.01. The zero-order valence-electron chi connectivity index (χ0n) is 7.41. The normalized spacial score (nSPS) is 35.2. The van der Waals surface area contributed by atoms with Crippen molar-refractivity contribution in [2.75, 3.05) is 0 Å². The van der Waals surface area contributed by atoms with Crippen molar-refractivity contribution in [3.05, 3.63) is 35.4 Å². The van der Waals surface area contributed by atoms with Gasteiger partial charge in [-0.1, -0.05) is 24.3 Å². The number of epoxide rings is 1. The lowest BCUT2D eigenvalue weighted by Crippen LogP contribution is -2.20. The number of ether oxygens (including phenoxy) is 1. The molecular formula is C11H10O2. The van der Waals surface area contributed by atoms with Gasteiger partial charge in [0, 0.05) is 12.0 Å². The second-order valence-corrected chi connectivity index (χ2v) is 4.00. The van der Waals surface area contributed by atoms with Crippen LogP contribution in [-0.4, -0.2) is 11.4 Å². The first-order chi connectivity index (χ1) is 6.21. The van der Waals surface area contributed by atoms with E-state index in [0.29, 0.717) is 6.42 Å². The SMILES string of the molecule is CC12CC(=O)c3ccccc3C1O2. The molecule has 1 heterocycles. The van der Waals surface area contributed by atoms with Crippen LogP contribution in [0.15, 0.2) is 24.3 Å². The molecule has 0 radical (unpaired) electrons. The van der Waals surface area contributed by atoms with Crippen LogP contribution in [0.3, 0.4) is 0 Å². The smallest absolute Gasteiger partial charge is 0.166 e. The van der Waals surface area contributed by atoms with Crippen LogP contribution in [0.2, 0.25) is 0 Å². The first kappa shape index (κ1) is 7.27. The van der Waals surface area contributed by atoms with Gasteiger partial charge < -0.3 is 4.74 Å². The summed E-state index contributed by atoms with van der Waals surface area (Å²) in [4.78, 5) is 11.6. The molecule has 0 saturated carbocycles. The third-order valence-electron chi connectivity index (χ3n) is 2.94. The molecule has 0 N–H and O–H groups in total. The molecule has 13 heavy (non-hydrogen) atoms. The summed E-state index contributed by atoms with van der Waals surface area (Å²) in [7, 11) is 0. The number of carbonyl (C=O) groups excluding carboxylic acids is 1. The lowest BCUT2D eigenvalue weighted by molar-refractivity contribution is 0.0950. The Morgan fingerprint density at radius 2 is 2.23 bits per heavy atom. The number of Topliss-reactive ketones (excluding diaryl/α,β-unsaturated/α-hetero) is 1. The summed E-state index contributed by atoms with van der Waals surface area (Å²) in [6.07, 6.45) is 0.704. The zero-order valence-corrected chi connectivity index (χ0v) is 7.41. The van der Waals surface area contributed by atoms with E-state index < -0.39 is 0 Å². The zero-order chi connectivity index (χ0) is 9.05. The summed E-state index contributed by atoms with van der Waals surface area (Å²) in [5.74, 6) is 0.215. The maximum Gasteiger partial charge on any atom is 0.166 e. The summed E-state index contributed by atoms with van der Waals surface area (Å²) >= 11 is 0. The minimum Gasteiger partial charge on any atom is -0.361 e. The highest BCUT2D eigenvalue weighted by atomic mass is 16.6. The lowest BCUT2D eigenvalue weighted by Gasteiger charge is -2.14. The average molecular weight is 174 g/mol. The lowest BCUT2D eigenvalue weighted by atomic mass is 9.84. The van der Waals surface area contributed by atoms with Crippen LogP contribution in [-0.2, 0) is 4.74 Å². The fourth-order valence-electron chi connectivity index (χ4n) is 2.16. The van der Waals surface area contributed by atoms with Gasteiger partial charge in [0.1, 0.15) is 11.7 Å². The average Bonchev–Trinajstić information content (AvgIpc) is 2.78. The van der Waals surface area contributed by atoms with E-state index in [1.807, 2.05) is 31.2 Å². The van der Waals surface area contributed by atoms with Gasteiger partial charge in [-0.2, -0.15) is 0 Å². The summed E-state index contributed by atoms with van der Waals surface area (Å²) in [5.41, 5.74) is 1.73. The van der Waals surface area contributed by atoms with Gasteiger partial charge in [-0.15, -0.1) is 0 Å². The molecule has 0 bridgehead atoms. The van der Waals surface area contributed by atoms with E-state index in [1.165, 1.54) is 0 Å². The van der Waals surface area contributed by atoms with Crippen LogP contribution >= 0.6 is 0 Å². The summed E-state index contributed by atoms with van der Waals surface area (Å²) in [6, 6.07) is 7.74. The van der Waals surface area contributed by atoms with E-state index in [0.717, 1.165) is 11.1 Å². The fraction of sp³-hybridized carbons (Fsp3) is 0.364. The van der Waals surface area contributed by atoms with Crippen LogP contribution < -0.4 is 0 Å². The van der Waals surface area contributed by atoms with Crippen molar-refractivity contribution in [1.82, 2.24) is 0 Å². The molecule has 2 heteroatoms. The number of hydrogen-bond acceptors (Lipinski definition) is 2. The third-order valence-corrected chi connectivity index (χ3v) is 2.94. The molecule has 1 fully saturated rings. The predicted octanol–water partition coefficient (Wildman–Crippen LogP) is 2.10. The Kier molecular flexibility index (Phi) is 1.13.